The highest BCUT2D eigenvalue weighted by molar-refractivity contribution is 5.81. The maximum Gasteiger partial charge on any atom is 0.223 e. The molecule has 20 heavy (non-hydrogen) atoms. The van der Waals surface area contributed by atoms with E-state index in [1.54, 1.807) is 12.1 Å². The first kappa shape index (κ1) is 14.5. The minimum Gasteiger partial charge on any atom is -0.354 e. The number of carbonyl (C=O) groups is 2. The van der Waals surface area contributed by atoms with Crippen LogP contribution >= 0.6 is 0 Å². The molecule has 2 amide bonds. The Hall–Kier alpha value is -1.91. The molecule has 0 aliphatic heterocycles. The monoisotopic (exact) mass is 278 g/mol. The average molecular weight is 278 g/mol. The highest BCUT2D eigenvalue weighted by Gasteiger charge is 2.28. The van der Waals surface area contributed by atoms with E-state index in [9.17, 15) is 14.0 Å². The molecule has 0 spiro atoms. The van der Waals surface area contributed by atoms with Crippen LogP contribution < -0.4 is 10.6 Å². The van der Waals surface area contributed by atoms with E-state index in [-0.39, 0.29) is 23.5 Å². The van der Waals surface area contributed by atoms with E-state index >= 15 is 0 Å². The third-order valence-electron chi connectivity index (χ3n) is 3.25. The van der Waals surface area contributed by atoms with Crippen molar-refractivity contribution in [3.05, 3.63) is 35.6 Å². The Morgan fingerprint density at radius 3 is 2.40 bits per heavy atom. The second kappa shape index (κ2) is 7.03. The Labute approximate surface area is 117 Å². The molecule has 0 bridgehead atoms. The van der Waals surface area contributed by atoms with Gasteiger partial charge in [0.2, 0.25) is 11.8 Å². The van der Waals surface area contributed by atoms with Crippen molar-refractivity contribution in [3.8, 4) is 0 Å². The average Bonchev–Trinajstić information content (AvgIpc) is 3.27. The Morgan fingerprint density at radius 2 is 1.75 bits per heavy atom. The van der Waals surface area contributed by atoms with Crippen LogP contribution in [0.3, 0.4) is 0 Å². The zero-order valence-electron chi connectivity index (χ0n) is 11.3. The highest BCUT2D eigenvalue weighted by Crippen LogP contribution is 2.28. The van der Waals surface area contributed by atoms with Crippen LogP contribution in [0.25, 0.3) is 0 Å². The summed E-state index contributed by atoms with van der Waals surface area (Å²) in [5.41, 5.74) is 0.934. The number of aryl methyl sites for hydroxylation is 1. The molecule has 0 heterocycles. The van der Waals surface area contributed by atoms with Crippen LogP contribution in [0.4, 0.5) is 4.39 Å². The van der Waals surface area contributed by atoms with E-state index in [1.165, 1.54) is 12.1 Å². The molecule has 1 aliphatic rings. The van der Waals surface area contributed by atoms with Crippen molar-refractivity contribution in [1.82, 2.24) is 10.6 Å². The summed E-state index contributed by atoms with van der Waals surface area (Å²) in [5, 5.41) is 5.54. The molecule has 4 nitrogen and oxygen atoms in total. The molecule has 0 saturated heterocycles. The summed E-state index contributed by atoms with van der Waals surface area (Å²) in [7, 11) is 0. The molecule has 0 aromatic heterocycles. The standard InChI is InChI=1S/C15H19FN2O2/c16-13-6-1-11(2-7-13)3-8-14(19)17-9-10-18-15(20)12-4-5-12/h1-2,6-7,12H,3-5,8-10H2,(H,17,19)(H,18,20). The molecule has 5 heteroatoms. The fourth-order valence-electron chi connectivity index (χ4n) is 1.87. The maximum atomic E-state index is 12.7. The zero-order valence-corrected chi connectivity index (χ0v) is 11.3. The number of nitrogens with one attached hydrogen (secondary N) is 2. The first-order chi connectivity index (χ1) is 9.65. The van der Waals surface area contributed by atoms with E-state index in [1.807, 2.05) is 0 Å². The topological polar surface area (TPSA) is 58.2 Å². The lowest BCUT2D eigenvalue weighted by Crippen LogP contribution is -2.35. The zero-order chi connectivity index (χ0) is 14.4. The number of amides is 2. The molecule has 1 fully saturated rings. The van der Waals surface area contributed by atoms with Gasteiger partial charge in [0.05, 0.1) is 0 Å². The van der Waals surface area contributed by atoms with E-state index < -0.39 is 0 Å². The smallest absolute Gasteiger partial charge is 0.223 e. The largest absolute Gasteiger partial charge is 0.354 e. The molecule has 1 aliphatic carbocycles. The summed E-state index contributed by atoms with van der Waals surface area (Å²) in [6.45, 7) is 0.915. The van der Waals surface area contributed by atoms with Crippen molar-refractivity contribution in [1.29, 1.82) is 0 Å². The van der Waals surface area contributed by atoms with Crippen LogP contribution in [0.2, 0.25) is 0 Å². The Balaban J connectivity index is 1.55. The Morgan fingerprint density at radius 1 is 1.10 bits per heavy atom. The van der Waals surface area contributed by atoms with E-state index in [0.717, 1.165) is 18.4 Å². The molecule has 1 aromatic carbocycles. The first-order valence-electron chi connectivity index (χ1n) is 6.94. The number of hydrogen-bond acceptors (Lipinski definition) is 2. The van der Waals surface area contributed by atoms with Crippen molar-refractivity contribution in [3.63, 3.8) is 0 Å². The van der Waals surface area contributed by atoms with Gasteiger partial charge in [0.1, 0.15) is 5.82 Å². The number of hydrogen-bond donors (Lipinski definition) is 2. The molecule has 0 radical (unpaired) electrons. The Bertz CT molecular complexity index is 469. The third-order valence-corrected chi connectivity index (χ3v) is 3.25. The summed E-state index contributed by atoms with van der Waals surface area (Å²) >= 11 is 0. The first-order valence-corrected chi connectivity index (χ1v) is 6.94. The van der Waals surface area contributed by atoms with Gasteiger partial charge < -0.3 is 10.6 Å². The third kappa shape index (κ3) is 4.99. The Kier molecular flexibility index (Phi) is 5.09. The van der Waals surface area contributed by atoms with Gasteiger partial charge in [-0.05, 0) is 37.0 Å². The molecular weight excluding hydrogens is 259 g/mol. The molecule has 2 rings (SSSR count). The fraction of sp³-hybridized carbons (Fsp3) is 0.467. The van der Waals surface area contributed by atoms with Gasteiger partial charge in [0, 0.05) is 25.4 Å². The van der Waals surface area contributed by atoms with Crippen LogP contribution in [0.5, 0.6) is 0 Å². The lowest BCUT2D eigenvalue weighted by atomic mass is 10.1. The lowest BCUT2D eigenvalue weighted by molar-refractivity contribution is -0.123. The van der Waals surface area contributed by atoms with E-state index in [4.69, 9.17) is 0 Å². The van der Waals surface area contributed by atoms with Crippen LogP contribution in [0.1, 0.15) is 24.8 Å². The minimum absolute atomic E-state index is 0.0602. The summed E-state index contributed by atoms with van der Waals surface area (Å²) in [5.74, 6) is -0.0469. The molecular formula is C15H19FN2O2. The van der Waals surface area contributed by atoms with Crippen LogP contribution in [0.15, 0.2) is 24.3 Å². The lowest BCUT2D eigenvalue weighted by Gasteiger charge is -2.06. The van der Waals surface area contributed by atoms with Crippen LogP contribution in [-0.4, -0.2) is 24.9 Å². The van der Waals surface area contributed by atoms with Crippen LogP contribution in [0, 0.1) is 11.7 Å². The molecule has 0 unspecified atom stereocenters. The van der Waals surface area contributed by atoms with Crippen molar-refractivity contribution in [2.45, 2.75) is 25.7 Å². The van der Waals surface area contributed by atoms with Crippen molar-refractivity contribution in [2.24, 2.45) is 5.92 Å². The van der Waals surface area contributed by atoms with E-state index in [0.29, 0.717) is 25.9 Å². The molecule has 2 N–H and O–H groups in total. The predicted molar refractivity (Wildman–Crippen MR) is 73.5 cm³/mol. The van der Waals surface area contributed by atoms with Gasteiger partial charge in [-0.3, -0.25) is 9.59 Å². The second-order valence-corrected chi connectivity index (χ2v) is 5.04. The highest BCUT2D eigenvalue weighted by atomic mass is 19.1. The maximum absolute atomic E-state index is 12.7. The van der Waals surface area contributed by atoms with Gasteiger partial charge in [-0.1, -0.05) is 12.1 Å². The number of halogens is 1. The SMILES string of the molecule is O=C(CCc1ccc(F)cc1)NCCNC(=O)C1CC1. The van der Waals surface area contributed by atoms with Gasteiger partial charge in [0.15, 0.2) is 0 Å². The summed E-state index contributed by atoms with van der Waals surface area (Å²) in [4.78, 5) is 22.9. The van der Waals surface area contributed by atoms with Crippen molar-refractivity contribution < 1.29 is 14.0 Å². The summed E-state index contributed by atoms with van der Waals surface area (Å²) in [6, 6.07) is 6.14. The number of carbonyl (C=O) groups excluding carboxylic acids is 2. The van der Waals surface area contributed by atoms with E-state index in [2.05, 4.69) is 10.6 Å². The molecule has 1 saturated carbocycles. The van der Waals surface area contributed by atoms with Gasteiger partial charge in [-0.15, -0.1) is 0 Å². The van der Waals surface area contributed by atoms with Crippen LogP contribution in [-0.2, 0) is 16.0 Å². The molecule has 1 aromatic rings. The fourth-order valence-corrected chi connectivity index (χ4v) is 1.87. The minimum atomic E-state index is -0.274. The molecule has 108 valence electrons. The van der Waals surface area contributed by atoms with Gasteiger partial charge in [-0.2, -0.15) is 0 Å². The van der Waals surface area contributed by atoms with Gasteiger partial charge in [-0.25, -0.2) is 4.39 Å². The number of rotatable bonds is 7. The normalized spacial score (nSPS) is 13.8. The van der Waals surface area contributed by atoms with Crippen molar-refractivity contribution in [2.75, 3.05) is 13.1 Å². The van der Waals surface area contributed by atoms with Gasteiger partial charge >= 0.3 is 0 Å². The quantitative estimate of drug-likeness (QED) is 0.741. The molecule has 0 atom stereocenters. The summed E-state index contributed by atoms with van der Waals surface area (Å²) in [6.07, 6.45) is 2.91. The van der Waals surface area contributed by atoms with Crippen molar-refractivity contribution >= 4 is 11.8 Å². The number of benzene rings is 1. The predicted octanol–water partition coefficient (Wildman–Crippen LogP) is 1.40. The summed E-state index contributed by atoms with van der Waals surface area (Å²) < 4.78 is 12.7. The second-order valence-electron chi connectivity index (χ2n) is 5.04. The van der Waals surface area contributed by atoms with Gasteiger partial charge in [0.25, 0.3) is 0 Å².